The number of nitrogens with one attached hydrogen (secondary N) is 1. The van der Waals surface area contributed by atoms with Gasteiger partial charge in [-0.1, -0.05) is 0 Å². The first-order valence-corrected chi connectivity index (χ1v) is 6.12. The van der Waals surface area contributed by atoms with E-state index >= 15 is 0 Å². The maximum atomic E-state index is 11.3. The van der Waals surface area contributed by atoms with Crippen molar-refractivity contribution >= 4 is 27.6 Å². The number of amides is 3. The first-order chi connectivity index (χ1) is 6.78. The van der Waals surface area contributed by atoms with Crippen LogP contribution in [0.2, 0.25) is 0 Å². The molecule has 15 heavy (non-hydrogen) atoms. The van der Waals surface area contributed by atoms with Crippen molar-refractivity contribution in [3.05, 3.63) is 0 Å². The first kappa shape index (κ1) is 11.6. The van der Waals surface area contributed by atoms with Gasteiger partial charge in [0.1, 0.15) is 18.8 Å². The van der Waals surface area contributed by atoms with Crippen molar-refractivity contribution in [2.24, 2.45) is 0 Å². The Labute approximate surface area is 86.3 Å². The summed E-state index contributed by atoms with van der Waals surface area (Å²) < 4.78 is 21.6. The average Bonchev–Trinajstić information content (AvgIpc) is 1.98. The SMILES string of the molecule is CS(=O)(=O)CC(=O)N1CC(=O)NC(=O)C1. The number of imide groups is 1. The lowest BCUT2D eigenvalue weighted by atomic mass is 10.3. The van der Waals surface area contributed by atoms with Gasteiger partial charge in [-0.3, -0.25) is 19.7 Å². The lowest BCUT2D eigenvalue weighted by molar-refractivity contribution is -0.144. The van der Waals surface area contributed by atoms with E-state index in [1.807, 2.05) is 5.32 Å². The molecule has 1 N–H and O–H groups in total. The smallest absolute Gasteiger partial charge is 0.246 e. The lowest BCUT2D eigenvalue weighted by Gasteiger charge is -2.24. The van der Waals surface area contributed by atoms with Crippen LogP contribution in [-0.2, 0) is 24.2 Å². The average molecular weight is 234 g/mol. The Kier molecular flexibility index (Phi) is 3.08. The van der Waals surface area contributed by atoms with E-state index < -0.39 is 33.3 Å². The molecule has 0 atom stereocenters. The minimum atomic E-state index is -3.44. The van der Waals surface area contributed by atoms with Crippen molar-refractivity contribution in [2.45, 2.75) is 0 Å². The van der Waals surface area contributed by atoms with Crippen molar-refractivity contribution in [3.63, 3.8) is 0 Å². The predicted molar refractivity (Wildman–Crippen MR) is 49.4 cm³/mol. The zero-order chi connectivity index (χ0) is 11.6. The summed E-state index contributed by atoms with van der Waals surface area (Å²) >= 11 is 0. The molecule has 0 aromatic carbocycles. The van der Waals surface area contributed by atoms with Crippen molar-refractivity contribution in [1.82, 2.24) is 10.2 Å². The van der Waals surface area contributed by atoms with Crippen LogP contribution in [0.4, 0.5) is 0 Å². The maximum Gasteiger partial charge on any atom is 0.246 e. The summed E-state index contributed by atoms with van der Waals surface area (Å²) in [6.07, 6.45) is 0.913. The molecular weight excluding hydrogens is 224 g/mol. The fourth-order valence-electron chi connectivity index (χ4n) is 1.13. The van der Waals surface area contributed by atoms with Crippen molar-refractivity contribution in [2.75, 3.05) is 25.1 Å². The van der Waals surface area contributed by atoms with E-state index in [4.69, 9.17) is 0 Å². The molecule has 8 heteroatoms. The first-order valence-electron chi connectivity index (χ1n) is 4.06. The predicted octanol–water partition coefficient (Wildman–Crippen LogP) is -2.48. The largest absolute Gasteiger partial charge is 0.323 e. The highest BCUT2D eigenvalue weighted by Crippen LogP contribution is 1.97. The fraction of sp³-hybridized carbons (Fsp3) is 0.571. The number of piperazine rings is 1. The molecule has 0 aromatic rings. The van der Waals surface area contributed by atoms with Crippen LogP contribution in [0.1, 0.15) is 0 Å². The topological polar surface area (TPSA) is 101 Å². The van der Waals surface area contributed by atoms with E-state index in [1.165, 1.54) is 0 Å². The second-order valence-electron chi connectivity index (χ2n) is 3.29. The van der Waals surface area contributed by atoms with Gasteiger partial charge in [0.25, 0.3) is 0 Å². The minimum Gasteiger partial charge on any atom is -0.323 e. The van der Waals surface area contributed by atoms with E-state index in [1.54, 1.807) is 0 Å². The molecule has 1 heterocycles. The fourth-order valence-corrected chi connectivity index (χ4v) is 1.76. The highest BCUT2D eigenvalue weighted by Gasteiger charge is 2.27. The Hall–Kier alpha value is -1.44. The highest BCUT2D eigenvalue weighted by molar-refractivity contribution is 7.91. The third kappa shape index (κ3) is 3.66. The quantitative estimate of drug-likeness (QED) is 0.533. The molecule has 1 fully saturated rings. The maximum absolute atomic E-state index is 11.3. The third-order valence-electron chi connectivity index (χ3n) is 1.69. The van der Waals surface area contributed by atoms with Gasteiger partial charge in [0.2, 0.25) is 17.7 Å². The number of carbonyl (C=O) groups excluding carboxylic acids is 3. The summed E-state index contributed by atoms with van der Waals surface area (Å²) in [7, 11) is -3.44. The molecular formula is C7H10N2O5S. The molecule has 1 rings (SSSR count). The number of carbonyl (C=O) groups is 3. The number of sulfone groups is 1. The molecule has 0 aliphatic carbocycles. The Balaban J connectivity index is 2.68. The molecule has 1 saturated heterocycles. The Bertz CT molecular complexity index is 397. The zero-order valence-corrected chi connectivity index (χ0v) is 8.83. The molecule has 0 saturated carbocycles. The van der Waals surface area contributed by atoms with Crippen LogP contribution in [0.3, 0.4) is 0 Å². The molecule has 3 amide bonds. The van der Waals surface area contributed by atoms with Gasteiger partial charge in [-0.05, 0) is 0 Å². The Morgan fingerprint density at radius 2 is 1.80 bits per heavy atom. The molecule has 1 aliphatic heterocycles. The summed E-state index contributed by atoms with van der Waals surface area (Å²) in [5.74, 6) is -2.63. The van der Waals surface area contributed by atoms with E-state index in [2.05, 4.69) is 0 Å². The Morgan fingerprint density at radius 3 is 2.20 bits per heavy atom. The number of nitrogens with zero attached hydrogens (tertiary/aromatic N) is 1. The van der Waals surface area contributed by atoms with Gasteiger partial charge in [0.05, 0.1) is 0 Å². The monoisotopic (exact) mass is 234 g/mol. The summed E-state index contributed by atoms with van der Waals surface area (Å²) in [5.41, 5.74) is 0. The van der Waals surface area contributed by atoms with E-state index in [-0.39, 0.29) is 13.1 Å². The standard InChI is InChI=1S/C7H10N2O5S/c1-15(13,14)4-7(12)9-2-5(10)8-6(11)3-9/h2-4H2,1H3,(H,8,10,11). The third-order valence-corrected chi connectivity index (χ3v) is 2.46. The van der Waals surface area contributed by atoms with Crippen LogP contribution in [0.5, 0.6) is 0 Å². The van der Waals surface area contributed by atoms with Gasteiger partial charge < -0.3 is 4.90 Å². The van der Waals surface area contributed by atoms with Gasteiger partial charge in [-0.2, -0.15) is 0 Å². The van der Waals surface area contributed by atoms with E-state index in [0.29, 0.717) is 0 Å². The van der Waals surface area contributed by atoms with Crippen LogP contribution in [0.25, 0.3) is 0 Å². The molecule has 0 spiro atoms. The molecule has 1 aliphatic rings. The van der Waals surface area contributed by atoms with Gasteiger partial charge in [-0.25, -0.2) is 8.42 Å². The Morgan fingerprint density at radius 1 is 1.33 bits per heavy atom. The molecule has 84 valence electrons. The molecule has 0 unspecified atom stereocenters. The van der Waals surface area contributed by atoms with Crippen molar-refractivity contribution in [1.29, 1.82) is 0 Å². The van der Waals surface area contributed by atoms with Crippen LogP contribution >= 0.6 is 0 Å². The molecule has 0 radical (unpaired) electrons. The van der Waals surface area contributed by atoms with Crippen LogP contribution in [-0.4, -0.2) is 56.1 Å². The van der Waals surface area contributed by atoms with E-state index in [0.717, 1.165) is 11.2 Å². The molecule has 0 bridgehead atoms. The van der Waals surface area contributed by atoms with Gasteiger partial charge >= 0.3 is 0 Å². The lowest BCUT2D eigenvalue weighted by Crippen LogP contribution is -2.54. The molecule has 7 nitrogen and oxygen atoms in total. The van der Waals surface area contributed by atoms with Crippen LogP contribution in [0.15, 0.2) is 0 Å². The van der Waals surface area contributed by atoms with Crippen LogP contribution in [0, 0.1) is 0 Å². The highest BCUT2D eigenvalue weighted by atomic mass is 32.2. The number of hydrogen-bond donors (Lipinski definition) is 1. The summed E-state index contributed by atoms with van der Waals surface area (Å²) in [4.78, 5) is 34.0. The van der Waals surface area contributed by atoms with Gasteiger partial charge in [-0.15, -0.1) is 0 Å². The van der Waals surface area contributed by atoms with E-state index in [9.17, 15) is 22.8 Å². The number of rotatable bonds is 2. The van der Waals surface area contributed by atoms with Gasteiger partial charge in [0, 0.05) is 6.26 Å². The molecule has 0 aromatic heterocycles. The number of hydrogen-bond acceptors (Lipinski definition) is 5. The normalized spacial score (nSPS) is 17.5. The van der Waals surface area contributed by atoms with Crippen molar-refractivity contribution < 1.29 is 22.8 Å². The van der Waals surface area contributed by atoms with Gasteiger partial charge in [0.15, 0.2) is 9.84 Å². The summed E-state index contributed by atoms with van der Waals surface area (Å²) in [6.45, 7) is -0.555. The van der Waals surface area contributed by atoms with Crippen LogP contribution < -0.4 is 5.32 Å². The van der Waals surface area contributed by atoms with Crippen molar-refractivity contribution in [3.8, 4) is 0 Å². The minimum absolute atomic E-state index is 0.278. The second kappa shape index (κ2) is 3.97. The second-order valence-corrected chi connectivity index (χ2v) is 5.43. The summed E-state index contributed by atoms with van der Waals surface area (Å²) in [6, 6.07) is 0. The summed E-state index contributed by atoms with van der Waals surface area (Å²) in [5, 5.41) is 2.01. The zero-order valence-electron chi connectivity index (χ0n) is 8.02.